The third-order valence-corrected chi connectivity index (χ3v) is 5.59. The molecule has 162 valence electrons. The highest BCUT2D eigenvalue weighted by Crippen LogP contribution is 2.39. The van der Waals surface area contributed by atoms with Gasteiger partial charge in [0.05, 0.1) is 37.9 Å². The van der Waals surface area contributed by atoms with Crippen molar-refractivity contribution in [1.29, 1.82) is 0 Å². The van der Waals surface area contributed by atoms with Crippen LogP contribution in [0.2, 0.25) is 10.0 Å². The highest BCUT2D eigenvalue weighted by atomic mass is 35.5. The number of ketones is 1. The number of hydrogen-bond donors (Lipinski definition) is 1. The van der Waals surface area contributed by atoms with Crippen LogP contribution < -0.4 is 0 Å². The number of nitrogens with zero attached hydrogens (tertiary/aromatic N) is 1. The van der Waals surface area contributed by atoms with E-state index in [1.807, 2.05) is 0 Å². The lowest BCUT2D eigenvalue weighted by molar-refractivity contribution is -0.136. The summed E-state index contributed by atoms with van der Waals surface area (Å²) in [6.07, 6.45) is -3.35. The molecular weight excluding hydrogens is 466 g/mol. The van der Waals surface area contributed by atoms with E-state index >= 15 is 0 Å². The zero-order chi connectivity index (χ0) is 23.2. The van der Waals surface area contributed by atoms with Crippen LogP contribution in [-0.4, -0.2) is 21.3 Å². The van der Waals surface area contributed by atoms with E-state index in [4.69, 9.17) is 28.3 Å². The third-order valence-electron chi connectivity index (χ3n) is 4.96. The number of fused-ring (bicyclic) bond motifs is 1. The van der Waals surface area contributed by atoms with Gasteiger partial charge in [-0.3, -0.25) is 4.79 Å². The molecule has 4 rings (SSSR count). The van der Waals surface area contributed by atoms with E-state index in [-0.39, 0.29) is 37.9 Å². The molecule has 0 aliphatic carbocycles. The normalized spacial score (nSPS) is 11.7. The number of carbonyl (C=O) groups is 2. The van der Waals surface area contributed by atoms with E-state index in [2.05, 4.69) is 0 Å². The first-order valence-corrected chi connectivity index (χ1v) is 9.89. The molecular formula is C23H12Cl2F3NO3. The number of carbonyl (C=O) groups excluding carboxylic acids is 1. The summed E-state index contributed by atoms with van der Waals surface area (Å²) in [4.78, 5) is 24.4. The molecule has 0 saturated heterocycles. The Hall–Kier alpha value is -3.29. The second-order valence-corrected chi connectivity index (χ2v) is 7.70. The highest BCUT2D eigenvalue weighted by molar-refractivity contribution is 6.41. The summed E-state index contributed by atoms with van der Waals surface area (Å²) in [5, 5.41) is 9.23. The Bertz CT molecular complexity index is 1360. The lowest BCUT2D eigenvalue weighted by atomic mass is 10.0. The molecule has 0 bridgehead atoms. The maximum Gasteiger partial charge on any atom is 0.418 e. The molecule has 0 aliphatic rings. The van der Waals surface area contributed by atoms with Crippen molar-refractivity contribution in [2.75, 3.05) is 0 Å². The molecule has 0 unspecified atom stereocenters. The van der Waals surface area contributed by atoms with Crippen molar-refractivity contribution in [2.45, 2.75) is 6.18 Å². The van der Waals surface area contributed by atoms with E-state index in [0.29, 0.717) is 5.56 Å². The van der Waals surface area contributed by atoms with Crippen molar-refractivity contribution in [3.05, 3.63) is 99.3 Å². The first-order valence-electron chi connectivity index (χ1n) is 9.13. The molecule has 0 spiro atoms. The second kappa shape index (κ2) is 8.00. The summed E-state index contributed by atoms with van der Waals surface area (Å²) in [6.45, 7) is 0. The Kier molecular flexibility index (Phi) is 5.48. The Morgan fingerprint density at radius 2 is 1.53 bits per heavy atom. The third kappa shape index (κ3) is 3.74. The number of carboxylic acid groups (broad SMARTS) is 1. The van der Waals surface area contributed by atoms with Crippen molar-refractivity contribution < 1.29 is 27.9 Å². The van der Waals surface area contributed by atoms with Gasteiger partial charge < -0.3 is 9.51 Å². The fraction of sp³-hybridized carbons (Fsp3) is 0.0435. The van der Waals surface area contributed by atoms with Crippen LogP contribution in [0, 0.1) is 0 Å². The summed E-state index contributed by atoms with van der Waals surface area (Å²) in [5.74, 6) is -1.82. The zero-order valence-corrected chi connectivity index (χ0v) is 17.5. The molecule has 2 aromatic carbocycles. The lowest BCUT2D eigenvalue weighted by Gasteiger charge is -2.12. The number of alkyl halides is 3. The highest BCUT2D eigenvalue weighted by Gasteiger charge is 2.35. The second-order valence-electron chi connectivity index (χ2n) is 6.89. The summed E-state index contributed by atoms with van der Waals surface area (Å²) in [5.41, 5.74) is -0.877. The Labute approximate surface area is 189 Å². The van der Waals surface area contributed by atoms with Gasteiger partial charge in [-0.05, 0) is 48.0 Å². The number of halogens is 5. The zero-order valence-electron chi connectivity index (χ0n) is 16.0. The average Bonchev–Trinajstić information content (AvgIpc) is 3.12. The molecule has 0 atom stereocenters. The smallest absolute Gasteiger partial charge is 0.418 e. The molecule has 0 amide bonds. The van der Waals surface area contributed by atoms with E-state index in [1.165, 1.54) is 54.7 Å². The summed E-state index contributed by atoms with van der Waals surface area (Å²) >= 11 is 12.3. The predicted octanol–water partition coefficient (Wildman–Crippen LogP) is 6.86. The lowest BCUT2D eigenvalue weighted by Crippen LogP contribution is -2.10. The number of aromatic nitrogens is 1. The minimum atomic E-state index is -4.70. The molecule has 4 aromatic rings. The van der Waals surface area contributed by atoms with Gasteiger partial charge in [0.15, 0.2) is 0 Å². The SMILES string of the molecule is O=C(O)c1ccc(-c2cc(C(=O)c3c(Cl)cccc3Cl)n3cccc(C(F)(F)F)c23)cc1. The minimum absolute atomic E-state index is 0.0209. The van der Waals surface area contributed by atoms with E-state index in [9.17, 15) is 22.8 Å². The van der Waals surface area contributed by atoms with E-state index in [1.54, 1.807) is 6.07 Å². The van der Waals surface area contributed by atoms with Gasteiger partial charge in [0.25, 0.3) is 0 Å². The molecule has 32 heavy (non-hydrogen) atoms. The van der Waals surface area contributed by atoms with Gasteiger partial charge in [0.1, 0.15) is 0 Å². The molecule has 2 aromatic heterocycles. The van der Waals surface area contributed by atoms with Crippen LogP contribution >= 0.6 is 23.2 Å². The summed E-state index contributed by atoms with van der Waals surface area (Å²) < 4.78 is 42.6. The van der Waals surface area contributed by atoms with Crippen LogP contribution in [-0.2, 0) is 6.18 Å². The summed E-state index contributed by atoms with van der Waals surface area (Å²) in [7, 11) is 0. The number of carboxylic acids is 1. The van der Waals surface area contributed by atoms with Crippen molar-refractivity contribution in [2.24, 2.45) is 0 Å². The molecule has 0 aliphatic heterocycles. The largest absolute Gasteiger partial charge is 0.478 e. The van der Waals surface area contributed by atoms with Gasteiger partial charge in [0, 0.05) is 11.8 Å². The quantitative estimate of drug-likeness (QED) is 0.326. The Morgan fingerprint density at radius 3 is 2.09 bits per heavy atom. The van der Waals surface area contributed by atoms with Crippen LogP contribution in [0.3, 0.4) is 0 Å². The maximum absolute atomic E-state index is 13.8. The van der Waals surface area contributed by atoms with Crippen molar-refractivity contribution in [3.63, 3.8) is 0 Å². The minimum Gasteiger partial charge on any atom is -0.478 e. The van der Waals surface area contributed by atoms with Gasteiger partial charge in [0.2, 0.25) is 5.78 Å². The number of pyridine rings is 1. The van der Waals surface area contributed by atoms with Gasteiger partial charge in [-0.15, -0.1) is 0 Å². The van der Waals surface area contributed by atoms with E-state index in [0.717, 1.165) is 10.5 Å². The van der Waals surface area contributed by atoms with Crippen molar-refractivity contribution >= 4 is 40.5 Å². The monoisotopic (exact) mass is 477 g/mol. The number of rotatable bonds is 4. The molecule has 0 radical (unpaired) electrons. The number of hydrogen-bond acceptors (Lipinski definition) is 2. The van der Waals surface area contributed by atoms with Crippen LogP contribution in [0.15, 0.2) is 66.9 Å². The summed E-state index contributed by atoms with van der Waals surface area (Å²) in [6, 6.07) is 13.3. The van der Waals surface area contributed by atoms with E-state index < -0.39 is 23.5 Å². The number of aromatic carboxylic acids is 1. The average molecular weight is 478 g/mol. The van der Waals surface area contributed by atoms with Crippen LogP contribution in [0.25, 0.3) is 16.6 Å². The Balaban J connectivity index is 2.02. The molecule has 2 heterocycles. The predicted molar refractivity (Wildman–Crippen MR) is 115 cm³/mol. The maximum atomic E-state index is 13.8. The van der Waals surface area contributed by atoms with Gasteiger partial charge in [-0.1, -0.05) is 41.4 Å². The Morgan fingerprint density at radius 1 is 0.906 bits per heavy atom. The van der Waals surface area contributed by atoms with Crippen LogP contribution in [0.5, 0.6) is 0 Å². The van der Waals surface area contributed by atoms with Gasteiger partial charge in [-0.25, -0.2) is 4.79 Å². The number of benzene rings is 2. The van der Waals surface area contributed by atoms with Crippen LogP contribution in [0.4, 0.5) is 13.2 Å². The molecule has 0 fully saturated rings. The van der Waals surface area contributed by atoms with Crippen molar-refractivity contribution in [3.8, 4) is 11.1 Å². The fourth-order valence-electron chi connectivity index (χ4n) is 3.52. The van der Waals surface area contributed by atoms with Gasteiger partial charge >= 0.3 is 12.1 Å². The molecule has 1 N–H and O–H groups in total. The van der Waals surface area contributed by atoms with Crippen molar-refractivity contribution in [1.82, 2.24) is 4.40 Å². The molecule has 0 saturated carbocycles. The topological polar surface area (TPSA) is 58.8 Å². The van der Waals surface area contributed by atoms with Gasteiger partial charge in [-0.2, -0.15) is 13.2 Å². The molecule has 9 heteroatoms. The van der Waals surface area contributed by atoms with Crippen LogP contribution in [0.1, 0.15) is 32.0 Å². The first-order chi connectivity index (χ1) is 15.1. The molecule has 4 nitrogen and oxygen atoms in total. The first kappa shape index (κ1) is 21.9. The standard InChI is InChI=1S/C23H12Cl2F3NO3/c24-16-4-1-5-17(25)19(16)21(30)18-11-14(12-6-8-13(9-7-12)22(31)32)20-15(23(26,27)28)3-2-10-29(18)20/h1-11H,(H,31,32). The fourth-order valence-corrected chi connectivity index (χ4v) is 4.09.